The third kappa shape index (κ3) is 5.49. The molecule has 0 bridgehead atoms. The first-order valence-electron chi connectivity index (χ1n) is 12.9. The summed E-state index contributed by atoms with van der Waals surface area (Å²) in [6.45, 7) is 0.966. The standard InChI is InChI=1S/C27H30O15/c1-9-17(30)20(33)23(36)26(39-9)38-8-16-19(32)21(34)24(37)27(42-16)40-11-3-4-12-15(7-11)41-25(22(35)18(12)31)10-2-5-13(28)14(29)6-10/h2-7,9,16-17,19-21,23-24,26-30,32-37H,8H2,1H3. The van der Waals surface area contributed by atoms with Crippen LogP contribution in [0.15, 0.2) is 45.6 Å². The summed E-state index contributed by atoms with van der Waals surface area (Å²) in [5.41, 5.74) is -0.779. The molecule has 42 heavy (non-hydrogen) atoms. The zero-order valence-electron chi connectivity index (χ0n) is 21.9. The number of aliphatic hydroxyl groups is 6. The van der Waals surface area contributed by atoms with Gasteiger partial charge >= 0.3 is 0 Å². The summed E-state index contributed by atoms with van der Waals surface area (Å²) in [6, 6.07) is 7.37. The van der Waals surface area contributed by atoms with Crippen LogP contribution in [-0.4, -0.2) is 114 Å². The second-order valence-electron chi connectivity index (χ2n) is 10.1. The highest BCUT2D eigenvalue weighted by atomic mass is 16.7. The number of phenols is 2. The van der Waals surface area contributed by atoms with E-state index in [1.165, 1.54) is 31.2 Å². The largest absolute Gasteiger partial charge is 0.504 e. The molecule has 0 saturated carbocycles. The average molecular weight is 595 g/mol. The van der Waals surface area contributed by atoms with Gasteiger partial charge in [-0.3, -0.25) is 4.79 Å². The lowest BCUT2D eigenvalue weighted by Gasteiger charge is -2.42. The van der Waals surface area contributed by atoms with E-state index in [-0.39, 0.29) is 28.0 Å². The molecule has 10 atom stereocenters. The zero-order valence-corrected chi connectivity index (χ0v) is 21.9. The number of hydrogen-bond acceptors (Lipinski definition) is 15. The number of aliphatic hydroxyl groups excluding tert-OH is 6. The minimum Gasteiger partial charge on any atom is -0.504 e. The van der Waals surface area contributed by atoms with E-state index in [2.05, 4.69) is 0 Å². The van der Waals surface area contributed by atoms with Crippen LogP contribution in [0.5, 0.6) is 23.0 Å². The molecule has 0 amide bonds. The lowest BCUT2D eigenvalue weighted by molar-refractivity contribution is -0.318. The molecule has 3 aromatic rings. The van der Waals surface area contributed by atoms with Gasteiger partial charge in [0.2, 0.25) is 17.5 Å². The topological polar surface area (TPSA) is 249 Å². The Morgan fingerprint density at radius 2 is 1.45 bits per heavy atom. The smallest absolute Gasteiger partial charge is 0.235 e. The lowest BCUT2D eigenvalue weighted by Crippen LogP contribution is -2.61. The van der Waals surface area contributed by atoms with Gasteiger partial charge in [-0.05, 0) is 37.3 Å². The minimum absolute atomic E-state index is 0.0138. The highest BCUT2D eigenvalue weighted by molar-refractivity contribution is 5.83. The highest BCUT2D eigenvalue weighted by Gasteiger charge is 2.47. The van der Waals surface area contributed by atoms with Crippen molar-refractivity contribution in [2.24, 2.45) is 0 Å². The number of phenolic OH excluding ortho intramolecular Hbond substituents is 2. The Morgan fingerprint density at radius 1 is 0.762 bits per heavy atom. The first-order chi connectivity index (χ1) is 19.9. The Hall–Kier alpha value is -3.51. The predicted molar refractivity (Wildman–Crippen MR) is 139 cm³/mol. The van der Waals surface area contributed by atoms with Gasteiger partial charge in [-0.2, -0.15) is 0 Å². The van der Waals surface area contributed by atoms with Crippen molar-refractivity contribution < 1.29 is 69.3 Å². The van der Waals surface area contributed by atoms with Crippen molar-refractivity contribution in [2.75, 3.05) is 6.61 Å². The first-order valence-corrected chi connectivity index (χ1v) is 12.9. The van der Waals surface area contributed by atoms with Crippen molar-refractivity contribution >= 4 is 11.0 Å². The maximum Gasteiger partial charge on any atom is 0.235 e. The summed E-state index contributed by atoms with van der Waals surface area (Å²) < 4.78 is 27.8. The van der Waals surface area contributed by atoms with E-state index >= 15 is 0 Å². The van der Waals surface area contributed by atoms with Crippen LogP contribution >= 0.6 is 0 Å². The predicted octanol–water partition coefficient (Wildman–Crippen LogP) is -1.39. The molecule has 10 unspecified atom stereocenters. The summed E-state index contributed by atoms with van der Waals surface area (Å²) in [7, 11) is 0. The summed E-state index contributed by atoms with van der Waals surface area (Å²) in [6.07, 6.45) is -14.9. The van der Waals surface area contributed by atoms with Crippen molar-refractivity contribution in [2.45, 2.75) is 68.3 Å². The Bertz CT molecular complexity index is 1490. The Labute approximate surface area is 236 Å². The van der Waals surface area contributed by atoms with E-state index in [0.717, 1.165) is 12.1 Å². The molecule has 0 spiro atoms. The number of ether oxygens (including phenoxy) is 4. The van der Waals surface area contributed by atoms with Gasteiger partial charge in [0.1, 0.15) is 54.1 Å². The van der Waals surface area contributed by atoms with Crippen LogP contribution in [0.2, 0.25) is 0 Å². The van der Waals surface area contributed by atoms with Crippen molar-refractivity contribution in [1.29, 1.82) is 0 Å². The van der Waals surface area contributed by atoms with Gasteiger partial charge in [-0.15, -0.1) is 0 Å². The molecule has 15 heteroatoms. The van der Waals surface area contributed by atoms with Gasteiger partial charge in [0.25, 0.3) is 0 Å². The van der Waals surface area contributed by atoms with Gasteiger partial charge in [0.15, 0.2) is 23.5 Å². The van der Waals surface area contributed by atoms with E-state index in [9.17, 15) is 50.8 Å². The Balaban J connectivity index is 1.35. The quantitative estimate of drug-likeness (QED) is 0.149. The molecule has 2 aromatic carbocycles. The van der Waals surface area contributed by atoms with Crippen LogP contribution in [0, 0.1) is 0 Å². The fraction of sp³-hybridized carbons (Fsp3) is 0.444. The SMILES string of the molecule is CC1OC(OCC2OC(Oc3ccc4c(=O)c(O)c(-c5ccc(O)c(O)c5)oc4c3)C(O)C(O)C2O)C(O)C(O)C1O. The third-order valence-corrected chi connectivity index (χ3v) is 7.23. The number of benzene rings is 2. The van der Waals surface area contributed by atoms with Crippen LogP contribution in [0.25, 0.3) is 22.3 Å². The molecular weight excluding hydrogens is 564 g/mol. The van der Waals surface area contributed by atoms with E-state index in [0.29, 0.717) is 0 Å². The summed E-state index contributed by atoms with van der Waals surface area (Å²) in [5, 5.41) is 91.1. The maximum absolute atomic E-state index is 12.8. The fourth-order valence-corrected chi connectivity index (χ4v) is 4.72. The van der Waals surface area contributed by atoms with E-state index in [4.69, 9.17) is 23.4 Å². The Kier molecular flexibility index (Phi) is 8.30. The Morgan fingerprint density at radius 3 is 2.17 bits per heavy atom. The summed E-state index contributed by atoms with van der Waals surface area (Å²) >= 11 is 0. The molecule has 1 aromatic heterocycles. The molecule has 2 fully saturated rings. The lowest BCUT2D eigenvalue weighted by atomic mass is 9.98. The summed E-state index contributed by atoms with van der Waals surface area (Å²) in [5.74, 6) is -1.99. The van der Waals surface area contributed by atoms with Gasteiger partial charge in [0.05, 0.1) is 18.1 Å². The van der Waals surface area contributed by atoms with Gasteiger partial charge in [-0.25, -0.2) is 0 Å². The van der Waals surface area contributed by atoms with Crippen LogP contribution in [0.1, 0.15) is 6.92 Å². The molecule has 228 valence electrons. The van der Waals surface area contributed by atoms with Crippen LogP contribution < -0.4 is 10.2 Å². The second kappa shape index (κ2) is 11.6. The monoisotopic (exact) mass is 594 g/mol. The number of fused-ring (bicyclic) bond motifs is 1. The molecule has 9 N–H and O–H groups in total. The van der Waals surface area contributed by atoms with Crippen LogP contribution in [-0.2, 0) is 14.2 Å². The normalized spacial score (nSPS) is 33.5. The second-order valence-corrected chi connectivity index (χ2v) is 10.1. The van der Waals surface area contributed by atoms with Crippen molar-refractivity contribution in [3.63, 3.8) is 0 Å². The first kappa shape index (κ1) is 30.0. The van der Waals surface area contributed by atoms with Crippen molar-refractivity contribution in [1.82, 2.24) is 0 Å². The molecule has 2 aliphatic rings. The van der Waals surface area contributed by atoms with Crippen LogP contribution in [0.3, 0.4) is 0 Å². The molecule has 0 aliphatic carbocycles. The molecule has 2 aliphatic heterocycles. The van der Waals surface area contributed by atoms with Gasteiger partial charge in [-0.1, -0.05) is 0 Å². The zero-order chi connectivity index (χ0) is 30.5. The molecule has 0 radical (unpaired) electrons. The summed E-state index contributed by atoms with van der Waals surface area (Å²) in [4.78, 5) is 12.8. The van der Waals surface area contributed by atoms with Gasteiger partial charge < -0.3 is 69.3 Å². The number of rotatable bonds is 6. The molecular formula is C27H30O15. The minimum atomic E-state index is -1.76. The average Bonchev–Trinajstić information content (AvgIpc) is 2.97. The molecule has 2 saturated heterocycles. The van der Waals surface area contributed by atoms with Crippen molar-refractivity contribution in [3.8, 4) is 34.3 Å². The van der Waals surface area contributed by atoms with E-state index < -0.39 is 90.7 Å². The van der Waals surface area contributed by atoms with E-state index in [1.807, 2.05) is 0 Å². The third-order valence-electron chi connectivity index (χ3n) is 7.23. The molecule has 15 nitrogen and oxygen atoms in total. The molecule has 3 heterocycles. The van der Waals surface area contributed by atoms with Gasteiger partial charge in [0, 0.05) is 11.6 Å². The maximum atomic E-state index is 12.8. The van der Waals surface area contributed by atoms with Crippen molar-refractivity contribution in [3.05, 3.63) is 46.6 Å². The fourth-order valence-electron chi connectivity index (χ4n) is 4.72. The molecule has 5 rings (SSSR count). The van der Waals surface area contributed by atoms with Crippen LogP contribution in [0.4, 0.5) is 0 Å². The highest BCUT2D eigenvalue weighted by Crippen LogP contribution is 2.36. The van der Waals surface area contributed by atoms with E-state index in [1.54, 1.807) is 0 Å². The number of aromatic hydroxyl groups is 3. The number of hydrogen-bond donors (Lipinski definition) is 9.